The van der Waals surface area contributed by atoms with Gasteiger partial charge in [0.1, 0.15) is 0 Å². The van der Waals surface area contributed by atoms with E-state index in [-0.39, 0.29) is 29.8 Å². The fourth-order valence-corrected chi connectivity index (χ4v) is 4.78. The molecule has 1 saturated heterocycles. The number of rotatable bonds is 5. The summed E-state index contributed by atoms with van der Waals surface area (Å²) < 4.78 is 4.69. The first-order chi connectivity index (χ1) is 14.6. The van der Waals surface area contributed by atoms with Crippen molar-refractivity contribution in [2.45, 2.75) is 25.9 Å². The van der Waals surface area contributed by atoms with Crippen LogP contribution in [-0.2, 0) is 20.9 Å². The molecule has 0 unspecified atom stereocenters. The molecular weight excluding hydrogens is 374 g/mol. The van der Waals surface area contributed by atoms with Crippen LogP contribution in [0.4, 0.5) is 0 Å². The van der Waals surface area contributed by atoms with E-state index in [1.165, 1.54) is 13.2 Å². The highest BCUT2D eigenvalue weighted by molar-refractivity contribution is 5.87. The number of methoxy groups -OCH3 is 1. The van der Waals surface area contributed by atoms with E-state index in [9.17, 15) is 9.59 Å². The van der Waals surface area contributed by atoms with Gasteiger partial charge in [0.25, 0.3) is 0 Å². The van der Waals surface area contributed by atoms with Crippen molar-refractivity contribution in [1.29, 1.82) is 0 Å². The number of hydrogen-bond acceptors (Lipinski definition) is 3. The van der Waals surface area contributed by atoms with E-state index in [1.807, 2.05) is 35.2 Å². The number of ether oxygens (including phenoxy) is 1. The Morgan fingerprint density at radius 3 is 2.73 bits per heavy atom. The van der Waals surface area contributed by atoms with Crippen LogP contribution in [0.1, 0.15) is 36.1 Å². The molecule has 4 heteroatoms. The van der Waals surface area contributed by atoms with Crippen LogP contribution >= 0.6 is 0 Å². The number of nitrogens with zero attached hydrogens (tertiary/aromatic N) is 1. The smallest absolute Gasteiger partial charge is 0.330 e. The molecule has 154 valence electrons. The molecule has 0 saturated carbocycles. The Morgan fingerprint density at radius 1 is 1.17 bits per heavy atom. The first-order valence-electron chi connectivity index (χ1n) is 10.5. The van der Waals surface area contributed by atoms with Crippen molar-refractivity contribution in [2.24, 2.45) is 17.8 Å². The number of benzene rings is 2. The zero-order chi connectivity index (χ0) is 21.1. The Morgan fingerprint density at radius 2 is 1.97 bits per heavy atom. The summed E-state index contributed by atoms with van der Waals surface area (Å²) in [5, 5.41) is 0. The van der Waals surface area contributed by atoms with Gasteiger partial charge in [-0.1, -0.05) is 67.6 Å². The molecule has 1 heterocycles. The number of carbonyl (C=O) groups is 2. The van der Waals surface area contributed by atoms with Gasteiger partial charge < -0.3 is 9.64 Å². The van der Waals surface area contributed by atoms with E-state index in [0.717, 1.165) is 23.1 Å². The standard InChI is InChI=1S/C26H27NO3/c1-18-8-6-13-22-24(18)26(29)27(17-20-9-4-3-5-10-20)25(22)21-12-7-11-19(16-21)14-15-23(28)30-2/h3-7,9-16,18,22,24-25H,8,17H2,1-2H3/b15-14+/t18-,22-,24+,25+/m1/s1. The summed E-state index contributed by atoms with van der Waals surface area (Å²) in [5.41, 5.74) is 3.15. The van der Waals surface area contributed by atoms with Crippen LogP contribution < -0.4 is 0 Å². The van der Waals surface area contributed by atoms with Crippen molar-refractivity contribution < 1.29 is 14.3 Å². The zero-order valence-electron chi connectivity index (χ0n) is 17.4. The largest absolute Gasteiger partial charge is 0.466 e. The Kier molecular flexibility index (Phi) is 5.84. The van der Waals surface area contributed by atoms with Crippen molar-refractivity contribution in [2.75, 3.05) is 7.11 Å². The van der Waals surface area contributed by atoms with E-state index in [2.05, 4.69) is 43.3 Å². The number of hydrogen-bond donors (Lipinski definition) is 0. The Balaban J connectivity index is 1.71. The summed E-state index contributed by atoms with van der Waals surface area (Å²) in [6.07, 6.45) is 8.57. The predicted molar refractivity (Wildman–Crippen MR) is 117 cm³/mol. The molecule has 0 bridgehead atoms. The molecule has 1 amide bonds. The van der Waals surface area contributed by atoms with Gasteiger partial charge in [0, 0.05) is 24.5 Å². The maximum Gasteiger partial charge on any atom is 0.330 e. The summed E-state index contributed by atoms with van der Waals surface area (Å²) in [5.74, 6) is 0.355. The van der Waals surface area contributed by atoms with Crippen molar-refractivity contribution in [3.63, 3.8) is 0 Å². The summed E-state index contributed by atoms with van der Waals surface area (Å²) >= 11 is 0. The Hall–Kier alpha value is -3.14. The van der Waals surface area contributed by atoms with Gasteiger partial charge >= 0.3 is 5.97 Å². The van der Waals surface area contributed by atoms with E-state index < -0.39 is 0 Å². The lowest BCUT2D eigenvalue weighted by Gasteiger charge is -2.29. The molecule has 4 atom stereocenters. The predicted octanol–water partition coefficient (Wildman–Crippen LogP) is 4.78. The quantitative estimate of drug-likeness (QED) is 0.411. The molecule has 30 heavy (non-hydrogen) atoms. The maximum atomic E-state index is 13.5. The van der Waals surface area contributed by atoms with Gasteiger partial charge in [-0.3, -0.25) is 4.79 Å². The number of fused-ring (bicyclic) bond motifs is 1. The van der Waals surface area contributed by atoms with Crippen LogP contribution in [0.25, 0.3) is 6.08 Å². The molecule has 2 aromatic rings. The van der Waals surface area contributed by atoms with Crippen molar-refractivity contribution in [3.05, 3.63) is 89.5 Å². The highest BCUT2D eigenvalue weighted by Gasteiger charge is 2.50. The molecule has 2 aliphatic rings. The molecule has 4 nitrogen and oxygen atoms in total. The lowest BCUT2D eigenvalue weighted by atomic mass is 9.75. The van der Waals surface area contributed by atoms with E-state index in [0.29, 0.717) is 12.5 Å². The average Bonchev–Trinajstić information content (AvgIpc) is 3.05. The molecule has 4 rings (SSSR count). The van der Waals surface area contributed by atoms with Crippen molar-refractivity contribution >= 4 is 18.0 Å². The van der Waals surface area contributed by atoms with Gasteiger partial charge in [-0.15, -0.1) is 0 Å². The number of carbonyl (C=O) groups excluding carboxylic acids is 2. The third-order valence-electron chi connectivity index (χ3n) is 6.22. The summed E-state index contributed by atoms with van der Waals surface area (Å²) in [7, 11) is 1.37. The fourth-order valence-electron chi connectivity index (χ4n) is 4.78. The van der Waals surface area contributed by atoms with Gasteiger partial charge in [0.05, 0.1) is 13.2 Å². The zero-order valence-corrected chi connectivity index (χ0v) is 17.4. The summed E-state index contributed by atoms with van der Waals surface area (Å²) in [6.45, 7) is 2.78. The van der Waals surface area contributed by atoms with Crippen molar-refractivity contribution in [3.8, 4) is 0 Å². The van der Waals surface area contributed by atoms with Crippen LogP contribution in [0, 0.1) is 17.8 Å². The second kappa shape index (κ2) is 8.70. The van der Waals surface area contributed by atoms with E-state index >= 15 is 0 Å². The Bertz CT molecular complexity index is 979. The maximum absolute atomic E-state index is 13.5. The molecular formula is C26H27NO3. The minimum atomic E-state index is -0.383. The first-order valence-corrected chi connectivity index (χ1v) is 10.5. The summed E-state index contributed by atoms with van der Waals surface area (Å²) in [6, 6.07) is 18.2. The molecule has 0 spiro atoms. The molecule has 1 aliphatic carbocycles. The minimum Gasteiger partial charge on any atom is -0.466 e. The average molecular weight is 402 g/mol. The van der Waals surface area contributed by atoms with Crippen LogP contribution in [0.2, 0.25) is 0 Å². The van der Waals surface area contributed by atoms with Crippen molar-refractivity contribution in [1.82, 2.24) is 4.90 Å². The second-order valence-electron chi connectivity index (χ2n) is 8.17. The number of allylic oxidation sites excluding steroid dienone is 1. The van der Waals surface area contributed by atoms with Crippen LogP contribution in [0.3, 0.4) is 0 Å². The van der Waals surface area contributed by atoms with E-state index in [4.69, 9.17) is 4.74 Å². The normalized spacial score (nSPS) is 25.5. The third kappa shape index (κ3) is 3.95. The lowest BCUT2D eigenvalue weighted by Crippen LogP contribution is -2.30. The van der Waals surface area contributed by atoms with Crippen LogP contribution in [-0.4, -0.2) is 23.9 Å². The topological polar surface area (TPSA) is 46.6 Å². The molecule has 1 aliphatic heterocycles. The highest BCUT2D eigenvalue weighted by Crippen LogP contribution is 2.49. The fraction of sp³-hybridized carbons (Fsp3) is 0.308. The van der Waals surface area contributed by atoms with Gasteiger partial charge in [0.15, 0.2) is 0 Å². The number of likely N-dealkylation sites (tertiary alicyclic amines) is 1. The van der Waals surface area contributed by atoms with Gasteiger partial charge in [-0.25, -0.2) is 4.79 Å². The molecule has 0 radical (unpaired) electrons. The van der Waals surface area contributed by atoms with Gasteiger partial charge in [-0.2, -0.15) is 0 Å². The van der Waals surface area contributed by atoms with Gasteiger partial charge in [-0.05, 0) is 41.2 Å². The SMILES string of the molecule is COC(=O)/C=C/c1cccc([C@H]2[C@@H]3C=CC[C@@H](C)[C@@H]3C(=O)N2Cc2ccccc2)c1. The van der Waals surface area contributed by atoms with Gasteiger partial charge in [0.2, 0.25) is 5.91 Å². The lowest BCUT2D eigenvalue weighted by molar-refractivity contribution is -0.135. The summed E-state index contributed by atoms with van der Waals surface area (Å²) in [4.78, 5) is 27.0. The third-order valence-corrected chi connectivity index (χ3v) is 6.22. The van der Waals surface area contributed by atoms with E-state index in [1.54, 1.807) is 6.08 Å². The minimum absolute atomic E-state index is 0.0120. The second-order valence-corrected chi connectivity index (χ2v) is 8.17. The molecule has 0 aromatic heterocycles. The molecule has 2 aromatic carbocycles. The monoisotopic (exact) mass is 401 g/mol. The molecule has 1 fully saturated rings. The first kappa shape index (κ1) is 20.1. The van der Waals surface area contributed by atoms with Crippen LogP contribution in [0.15, 0.2) is 72.8 Å². The Labute approximate surface area is 177 Å². The number of esters is 1. The highest BCUT2D eigenvalue weighted by atomic mass is 16.5. The van der Waals surface area contributed by atoms with Crippen LogP contribution in [0.5, 0.6) is 0 Å². The number of amides is 1. The molecule has 0 N–H and O–H groups in total.